The van der Waals surface area contributed by atoms with Crippen molar-refractivity contribution in [2.75, 3.05) is 6.54 Å². The topological polar surface area (TPSA) is 12.0 Å². The molecule has 2 heteroatoms. The van der Waals surface area contributed by atoms with Crippen LogP contribution in [-0.4, -0.2) is 6.54 Å². The van der Waals surface area contributed by atoms with Crippen LogP contribution in [0.3, 0.4) is 0 Å². The Bertz CT molecular complexity index is 459. The number of hydrogen-bond donors (Lipinski definition) is 1. The number of rotatable bonds is 6. The molecule has 0 saturated carbocycles. The molecular formula is C15H17NS. The molecule has 0 amide bonds. The highest BCUT2D eigenvalue weighted by molar-refractivity contribution is 7.10. The summed E-state index contributed by atoms with van der Waals surface area (Å²) in [5.74, 6) is 0. The third kappa shape index (κ3) is 3.55. The largest absolute Gasteiger partial charge is 0.312 e. The van der Waals surface area contributed by atoms with E-state index in [1.54, 1.807) is 0 Å². The van der Waals surface area contributed by atoms with E-state index in [0.29, 0.717) is 0 Å². The van der Waals surface area contributed by atoms with Gasteiger partial charge in [0.25, 0.3) is 0 Å². The molecule has 0 fully saturated rings. The fraction of sp³-hybridized carbons (Fsp3) is 0.200. The summed E-state index contributed by atoms with van der Waals surface area (Å²) < 4.78 is 0. The lowest BCUT2D eigenvalue weighted by atomic mass is 10.1. The van der Waals surface area contributed by atoms with Crippen molar-refractivity contribution in [2.45, 2.75) is 13.0 Å². The van der Waals surface area contributed by atoms with Gasteiger partial charge < -0.3 is 5.32 Å². The second kappa shape index (κ2) is 6.38. The van der Waals surface area contributed by atoms with Crippen molar-refractivity contribution in [2.24, 2.45) is 0 Å². The second-order valence-corrected chi connectivity index (χ2v) is 4.92. The van der Waals surface area contributed by atoms with E-state index in [0.717, 1.165) is 19.5 Å². The highest BCUT2D eigenvalue weighted by Crippen LogP contribution is 2.25. The summed E-state index contributed by atoms with van der Waals surface area (Å²) in [6.07, 6.45) is 2.97. The van der Waals surface area contributed by atoms with Gasteiger partial charge in [-0.2, -0.15) is 0 Å². The molecule has 1 nitrogen and oxygen atoms in total. The number of hydrogen-bond acceptors (Lipinski definition) is 2. The Morgan fingerprint density at radius 1 is 1.18 bits per heavy atom. The van der Waals surface area contributed by atoms with Gasteiger partial charge in [-0.25, -0.2) is 0 Å². The van der Waals surface area contributed by atoms with Crippen molar-refractivity contribution < 1.29 is 0 Å². The molecule has 0 aliphatic carbocycles. The summed E-state index contributed by atoms with van der Waals surface area (Å²) in [7, 11) is 0. The van der Waals surface area contributed by atoms with Gasteiger partial charge in [0.2, 0.25) is 0 Å². The van der Waals surface area contributed by atoms with Crippen molar-refractivity contribution in [1.82, 2.24) is 5.32 Å². The van der Waals surface area contributed by atoms with Crippen LogP contribution in [0, 0.1) is 0 Å². The molecule has 0 spiro atoms. The summed E-state index contributed by atoms with van der Waals surface area (Å²) in [4.78, 5) is 1.38. The van der Waals surface area contributed by atoms with E-state index in [1.807, 2.05) is 23.5 Å². The third-order valence-electron chi connectivity index (χ3n) is 2.59. The van der Waals surface area contributed by atoms with Crippen LogP contribution in [-0.2, 0) is 6.54 Å². The first kappa shape index (κ1) is 12.1. The van der Waals surface area contributed by atoms with E-state index >= 15 is 0 Å². The summed E-state index contributed by atoms with van der Waals surface area (Å²) >= 11 is 1.81. The lowest BCUT2D eigenvalue weighted by Gasteiger charge is -1.99. The zero-order valence-corrected chi connectivity index (χ0v) is 10.7. The molecule has 2 rings (SSSR count). The van der Waals surface area contributed by atoms with Crippen LogP contribution in [0.2, 0.25) is 0 Å². The van der Waals surface area contributed by atoms with Crippen molar-refractivity contribution in [1.29, 1.82) is 0 Å². The maximum absolute atomic E-state index is 3.71. The van der Waals surface area contributed by atoms with Gasteiger partial charge >= 0.3 is 0 Å². The standard InChI is InChI=1S/C15H17NS/c1-2-3-9-16-11-15-10-14(12-17-15)13-7-5-4-6-8-13/h2,4-8,10,12,16H,1,3,9,11H2. The zero-order chi connectivity index (χ0) is 11.9. The average Bonchev–Trinajstić information content (AvgIpc) is 2.85. The summed E-state index contributed by atoms with van der Waals surface area (Å²) in [5, 5.41) is 5.63. The van der Waals surface area contributed by atoms with E-state index in [1.165, 1.54) is 16.0 Å². The normalized spacial score (nSPS) is 10.4. The molecule has 0 aliphatic heterocycles. The number of nitrogens with one attached hydrogen (secondary N) is 1. The fourth-order valence-corrected chi connectivity index (χ4v) is 2.53. The summed E-state index contributed by atoms with van der Waals surface area (Å²) in [6, 6.07) is 12.8. The van der Waals surface area contributed by atoms with Gasteiger partial charge in [-0.05, 0) is 35.5 Å². The molecule has 0 atom stereocenters. The molecule has 0 aliphatic rings. The highest BCUT2D eigenvalue weighted by Gasteiger charge is 2.01. The Kier molecular flexibility index (Phi) is 4.54. The van der Waals surface area contributed by atoms with E-state index in [-0.39, 0.29) is 0 Å². The van der Waals surface area contributed by atoms with Gasteiger partial charge in [-0.15, -0.1) is 17.9 Å². The van der Waals surface area contributed by atoms with Gasteiger partial charge in [-0.3, -0.25) is 0 Å². The number of benzene rings is 1. The predicted molar refractivity (Wildman–Crippen MR) is 76.3 cm³/mol. The number of thiophene rings is 1. The maximum Gasteiger partial charge on any atom is 0.0300 e. The Balaban J connectivity index is 1.94. The first-order valence-electron chi connectivity index (χ1n) is 5.84. The fourth-order valence-electron chi connectivity index (χ4n) is 1.67. The van der Waals surface area contributed by atoms with E-state index in [4.69, 9.17) is 0 Å². The van der Waals surface area contributed by atoms with Gasteiger partial charge in [0.1, 0.15) is 0 Å². The molecule has 1 aromatic heterocycles. The molecule has 1 aromatic carbocycles. The quantitative estimate of drug-likeness (QED) is 0.595. The van der Waals surface area contributed by atoms with Gasteiger partial charge in [0.05, 0.1) is 0 Å². The van der Waals surface area contributed by atoms with Crippen molar-refractivity contribution in [3.63, 3.8) is 0 Å². The Labute approximate surface area is 107 Å². The van der Waals surface area contributed by atoms with E-state index in [2.05, 4.69) is 47.6 Å². The molecular weight excluding hydrogens is 226 g/mol. The van der Waals surface area contributed by atoms with Crippen LogP contribution in [0.5, 0.6) is 0 Å². The lowest BCUT2D eigenvalue weighted by Crippen LogP contribution is -2.12. The van der Waals surface area contributed by atoms with Gasteiger partial charge in [-0.1, -0.05) is 36.4 Å². The summed E-state index contributed by atoms with van der Waals surface area (Å²) in [6.45, 7) is 5.66. The van der Waals surface area contributed by atoms with E-state index in [9.17, 15) is 0 Å². The van der Waals surface area contributed by atoms with E-state index < -0.39 is 0 Å². The Morgan fingerprint density at radius 3 is 2.76 bits per heavy atom. The van der Waals surface area contributed by atoms with Crippen LogP contribution < -0.4 is 5.32 Å². The molecule has 1 heterocycles. The Hall–Kier alpha value is -1.38. The first-order chi connectivity index (χ1) is 8.40. The smallest absolute Gasteiger partial charge is 0.0300 e. The molecule has 88 valence electrons. The highest BCUT2D eigenvalue weighted by atomic mass is 32.1. The Morgan fingerprint density at radius 2 is 2.00 bits per heavy atom. The monoisotopic (exact) mass is 243 g/mol. The third-order valence-corrected chi connectivity index (χ3v) is 3.52. The van der Waals surface area contributed by atoms with Crippen molar-refractivity contribution in [3.8, 4) is 11.1 Å². The minimum absolute atomic E-state index is 0.950. The molecule has 0 bridgehead atoms. The van der Waals surface area contributed by atoms with Crippen molar-refractivity contribution >= 4 is 11.3 Å². The maximum atomic E-state index is 3.71. The van der Waals surface area contributed by atoms with Gasteiger partial charge in [0.15, 0.2) is 0 Å². The second-order valence-electron chi connectivity index (χ2n) is 3.92. The van der Waals surface area contributed by atoms with Crippen LogP contribution >= 0.6 is 11.3 Å². The van der Waals surface area contributed by atoms with Crippen LogP contribution in [0.1, 0.15) is 11.3 Å². The first-order valence-corrected chi connectivity index (χ1v) is 6.72. The minimum atomic E-state index is 0.950. The predicted octanol–water partition coefficient (Wildman–Crippen LogP) is 4.08. The average molecular weight is 243 g/mol. The molecule has 1 N–H and O–H groups in total. The van der Waals surface area contributed by atoms with Crippen LogP contribution in [0.4, 0.5) is 0 Å². The minimum Gasteiger partial charge on any atom is -0.312 e. The molecule has 0 unspecified atom stereocenters. The lowest BCUT2D eigenvalue weighted by molar-refractivity contribution is 0.703. The van der Waals surface area contributed by atoms with Crippen molar-refractivity contribution in [3.05, 3.63) is 59.3 Å². The molecule has 0 saturated heterocycles. The molecule has 17 heavy (non-hydrogen) atoms. The molecule has 0 radical (unpaired) electrons. The SMILES string of the molecule is C=CCCNCc1cc(-c2ccccc2)cs1. The zero-order valence-electron chi connectivity index (χ0n) is 9.86. The van der Waals surface area contributed by atoms with Crippen LogP contribution in [0.25, 0.3) is 11.1 Å². The summed E-state index contributed by atoms with van der Waals surface area (Å²) in [5.41, 5.74) is 2.61. The van der Waals surface area contributed by atoms with Crippen LogP contribution in [0.15, 0.2) is 54.4 Å². The van der Waals surface area contributed by atoms with Gasteiger partial charge in [0, 0.05) is 11.4 Å². The molecule has 2 aromatic rings.